The van der Waals surface area contributed by atoms with Crippen molar-refractivity contribution in [3.05, 3.63) is 35.4 Å². The van der Waals surface area contributed by atoms with Crippen LogP contribution in [0.5, 0.6) is 0 Å². The van der Waals surface area contributed by atoms with Gasteiger partial charge in [0.1, 0.15) is 0 Å². The standard InChI is InChI=1S/C17H23NO3/c1-2-21-15-10-14(17(15)8-3-9-17)18-11-12-4-6-13(7-5-12)16(19)20/h4-7,14-15,18H,2-3,8-11H2,1H3,(H,19,20). The zero-order chi connectivity index (χ0) is 14.9. The van der Waals surface area contributed by atoms with Crippen LogP contribution in [0.1, 0.15) is 48.5 Å². The van der Waals surface area contributed by atoms with E-state index in [0.29, 0.717) is 23.1 Å². The van der Waals surface area contributed by atoms with E-state index in [2.05, 4.69) is 12.2 Å². The van der Waals surface area contributed by atoms with Gasteiger partial charge in [0.05, 0.1) is 11.7 Å². The number of aromatic carboxylic acids is 1. The zero-order valence-corrected chi connectivity index (χ0v) is 12.5. The fourth-order valence-electron chi connectivity index (χ4n) is 3.73. The Morgan fingerprint density at radius 2 is 2.10 bits per heavy atom. The van der Waals surface area contributed by atoms with Crippen molar-refractivity contribution in [3.8, 4) is 0 Å². The smallest absolute Gasteiger partial charge is 0.335 e. The molecule has 2 unspecified atom stereocenters. The molecule has 0 radical (unpaired) electrons. The van der Waals surface area contributed by atoms with E-state index < -0.39 is 5.97 Å². The molecule has 1 spiro atoms. The van der Waals surface area contributed by atoms with Crippen molar-refractivity contribution in [1.29, 1.82) is 0 Å². The lowest BCUT2D eigenvalue weighted by molar-refractivity contribution is -0.173. The summed E-state index contributed by atoms with van der Waals surface area (Å²) in [6, 6.07) is 7.66. The summed E-state index contributed by atoms with van der Waals surface area (Å²) in [7, 11) is 0. The molecule has 4 nitrogen and oxygen atoms in total. The minimum atomic E-state index is -0.874. The molecule has 0 saturated heterocycles. The molecule has 2 aliphatic rings. The van der Waals surface area contributed by atoms with Crippen LogP contribution in [-0.4, -0.2) is 29.8 Å². The van der Waals surface area contributed by atoms with Gasteiger partial charge in [0.25, 0.3) is 0 Å². The van der Waals surface area contributed by atoms with E-state index in [1.54, 1.807) is 12.1 Å². The summed E-state index contributed by atoms with van der Waals surface area (Å²) in [5, 5.41) is 12.5. The van der Waals surface area contributed by atoms with Crippen LogP contribution in [0.4, 0.5) is 0 Å². The van der Waals surface area contributed by atoms with Crippen LogP contribution in [0.25, 0.3) is 0 Å². The molecule has 0 aromatic heterocycles. The fourth-order valence-corrected chi connectivity index (χ4v) is 3.73. The second-order valence-corrected chi connectivity index (χ2v) is 6.20. The average molecular weight is 289 g/mol. The Kier molecular flexibility index (Phi) is 4.00. The first-order valence-corrected chi connectivity index (χ1v) is 7.83. The second kappa shape index (κ2) is 5.78. The molecule has 0 amide bonds. The summed E-state index contributed by atoms with van der Waals surface area (Å²) in [5.74, 6) is -0.874. The van der Waals surface area contributed by atoms with Gasteiger partial charge >= 0.3 is 5.97 Å². The Morgan fingerprint density at radius 3 is 2.62 bits per heavy atom. The van der Waals surface area contributed by atoms with Gasteiger partial charge in [0.15, 0.2) is 0 Å². The molecule has 1 aromatic carbocycles. The van der Waals surface area contributed by atoms with E-state index in [4.69, 9.17) is 9.84 Å². The van der Waals surface area contributed by atoms with Gasteiger partial charge in [-0.2, -0.15) is 0 Å². The summed E-state index contributed by atoms with van der Waals surface area (Å²) >= 11 is 0. The second-order valence-electron chi connectivity index (χ2n) is 6.20. The van der Waals surface area contributed by atoms with E-state index in [1.807, 2.05) is 12.1 Å². The zero-order valence-electron chi connectivity index (χ0n) is 12.5. The predicted molar refractivity (Wildman–Crippen MR) is 80.3 cm³/mol. The molecule has 4 heteroatoms. The molecule has 2 atom stereocenters. The molecule has 2 N–H and O–H groups in total. The molecule has 0 aliphatic heterocycles. The molecule has 2 aliphatic carbocycles. The summed E-state index contributed by atoms with van der Waals surface area (Å²) in [6.07, 6.45) is 5.39. The van der Waals surface area contributed by atoms with Crippen LogP contribution < -0.4 is 5.32 Å². The van der Waals surface area contributed by atoms with E-state index in [0.717, 1.165) is 25.1 Å². The van der Waals surface area contributed by atoms with Gasteiger partial charge in [0, 0.05) is 24.6 Å². The summed E-state index contributed by atoms with van der Waals surface area (Å²) in [4.78, 5) is 10.8. The maximum Gasteiger partial charge on any atom is 0.335 e. The molecular weight excluding hydrogens is 266 g/mol. The summed E-state index contributed by atoms with van der Waals surface area (Å²) in [6.45, 7) is 3.66. The number of ether oxygens (including phenoxy) is 1. The highest BCUT2D eigenvalue weighted by Gasteiger charge is 2.58. The minimum absolute atomic E-state index is 0.342. The van der Waals surface area contributed by atoms with Gasteiger partial charge in [-0.15, -0.1) is 0 Å². The lowest BCUT2D eigenvalue weighted by atomic mass is 9.51. The maximum atomic E-state index is 10.8. The first-order valence-electron chi connectivity index (χ1n) is 7.83. The molecule has 114 valence electrons. The number of carbonyl (C=O) groups is 1. The number of hydrogen-bond acceptors (Lipinski definition) is 3. The lowest BCUT2D eigenvalue weighted by Crippen LogP contribution is -2.66. The Bertz CT molecular complexity index is 507. The summed E-state index contributed by atoms with van der Waals surface area (Å²) < 4.78 is 5.85. The van der Waals surface area contributed by atoms with E-state index in [1.165, 1.54) is 19.3 Å². The Balaban J connectivity index is 1.55. The third-order valence-corrected chi connectivity index (χ3v) is 5.19. The predicted octanol–water partition coefficient (Wildman–Crippen LogP) is 2.82. The monoisotopic (exact) mass is 289 g/mol. The van der Waals surface area contributed by atoms with Crippen LogP contribution in [0, 0.1) is 5.41 Å². The van der Waals surface area contributed by atoms with Crippen LogP contribution in [0.2, 0.25) is 0 Å². The molecule has 1 aromatic rings. The molecule has 0 heterocycles. The average Bonchev–Trinajstić information content (AvgIpc) is 2.40. The van der Waals surface area contributed by atoms with E-state index >= 15 is 0 Å². The number of hydrogen-bond donors (Lipinski definition) is 2. The van der Waals surface area contributed by atoms with Crippen molar-refractivity contribution in [2.45, 2.75) is 51.3 Å². The van der Waals surface area contributed by atoms with E-state index in [-0.39, 0.29) is 0 Å². The Labute approximate surface area is 125 Å². The van der Waals surface area contributed by atoms with Crippen molar-refractivity contribution in [2.24, 2.45) is 5.41 Å². The van der Waals surface area contributed by atoms with Gasteiger partial charge in [-0.1, -0.05) is 18.6 Å². The van der Waals surface area contributed by atoms with Crippen molar-refractivity contribution in [2.75, 3.05) is 6.61 Å². The largest absolute Gasteiger partial charge is 0.478 e. The highest BCUT2D eigenvalue weighted by atomic mass is 16.5. The minimum Gasteiger partial charge on any atom is -0.478 e. The normalized spacial score (nSPS) is 26.1. The van der Waals surface area contributed by atoms with E-state index in [9.17, 15) is 4.79 Å². The third kappa shape index (κ3) is 2.58. The Morgan fingerprint density at radius 1 is 1.38 bits per heavy atom. The number of carboxylic acids is 1. The number of benzene rings is 1. The van der Waals surface area contributed by atoms with Crippen molar-refractivity contribution in [1.82, 2.24) is 5.32 Å². The molecule has 0 bridgehead atoms. The molecule has 2 fully saturated rings. The molecule has 2 saturated carbocycles. The number of carboxylic acid groups (broad SMARTS) is 1. The Hall–Kier alpha value is -1.39. The number of nitrogens with one attached hydrogen (secondary N) is 1. The molecule has 3 rings (SSSR count). The quantitative estimate of drug-likeness (QED) is 0.845. The first-order chi connectivity index (χ1) is 10.2. The summed E-state index contributed by atoms with van der Waals surface area (Å²) in [5.41, 5.74) is 1.85. The lowest BCUT2D eigenvalue weighted by Gasteiger charge is -2.61. The first kappa shape index (κ1) is 14.5. The van der Waals surface area contributed by atoms with Gasteiger partial charge in [0.2, 0.25) is 0 Å². The fraction of sp³-hybridized carbons (Fsp3) is 0.588. The van der Waals surface area contributed by atoms with Gasteiger partial charge in [-0.25, -0.2) is 4.79 Å². The van der Waals surface area contributed by atoms with Gasteiger partial charge < -0.3 is 15.2 Å². The van der Waals surface area contributed by atoms with Crippen molar-refractivity contribution < 1.29 is 14.6 Å². The molecule has 21 heavy (non-hydrogen) atoms. The topological polar surface area (TPSA) is 58.6 Å². The SMILES string of the molecule is CCOC1CC(NCc2ccc(C(=O)O)cc2)C12CCC2. The van der Waals surface area contributed by atoms with Crippen LogP contribution in [-0.2, 0) is 11.3 Å². The third-order valence-electron chi connectivity index (χ3n) is 5.19. The molecular formula is C17H23NO3. The van der Waals surface area contributed by atoms with Crippen LogP contribution in [0.3, 0.4) is 0 Å². The van der Waals surface area contributed by atoms with Crippen molar-refractivity contribution in [3.63, 3.8) is 0 Å². The van der Waals surface area contributed by atoms with Gasteiger partial charge in [-0.05, 0) is 43.9 Å². The highest BCUT2D eigenvalue weighted by molar-refractivity contribution is 5.87. The highest BCUT2D eigenvalue weighted by Crippen LogP contribution is 2.57. The van der Waals surface area contributed by atoms with Crippen LogP contribution in [0.15, 0.2) is 24.3 Å². The van der Waals surface area contributed by atoms with Gasteiger partial charge in [-0.3, -0.25) is 0 Å². The maximum absolute atomic E-state index is 10.8. The van der Waals surface area contributed by atoms with Crippen LogP contribution >= 0.6 is 0 Å². The van der Waals surface area contributed by atoms with Crippen molar-refractivity contribution >= 4 is 5.97 Å². The number of rotatable bonds is 6.